The van der Waals surface area contributed by atoms with E-state index in [1.165, 1.54) is 5.56 Å². The minimum Gasteiger partial charge on any atom is -0.494 e. The van der Waals surface area contributed by atoms with Crippen molar-refractivity contribution < 1.29 is 4.74 Å². The molecule has 5 aromatic rings. The van der Waals surface area contributed by atoms with Gasteiger partial charge in [0.1, 0.15) is 5.75 Å². The lowest BCUT2D eigenvalue weighted by molar-refractivity contribution is 0.413. The van der Waals surface area contributed by atoms with Crippen molar-refractivity contribution >= 4 is 17.3 Å². The number of nitrogens with zero attached hydrogens (tertiary/aromatic N) is 5. The summed E-state index contributed by atoms with van der Waals surface area (Å²) in [6.45, 7) is 9.16. The van der Waals surface area contributed by atoms with Gasteiger partial charge in [-0.1, -0.05) is 32.0 Å². The lowest BCUT2D eigenvalue weighted by Gasteiger charge is -2.11. The highest BCUT2D eigenvalue weighted by atomic mass is 16.5. The number of methoxy groups -OCH3 is 1. The Morgan fingerprint density at radius 3 is 2.64 bits per heavy atom. The lowest BCUT2D eigenvalue weighted by atomic mass is 10.0. The Balaban J connectivity index is 1.46. The highest BCUT2D eigenvalue weighted by molar-refractivity contribution is 5.79. The van der Waals surface area contributed by atoms with E-state index in [1.807, 2.05) is 46.6 Å². The van der Waals surface area contributed by atoms with Crippen LogP contribution in [0.5, 0.6) is 5.75 Å². The highest BCUT2D eigenvalue weighted by Crippen LogP contribution is 2.30. The molecule has 2 aromatic carbocycles. The second-order valence-electron chi connectivity index (χ2n) is 9.30. The van der Waals surface area contributed by atoms with Crippen LogP contribution in [0.15, 0.2) is 67.3 Å². The number of benzene rings is 2. The molecule has 0 aliphatic carbocycles. The molecule has 36 heavy (non-hydrogen) atoms. The van der Waals surface area contributed by atoms with E-state index >= 15 is 0 Å². The van der Waals surface area contributed by atoms with Crippen molar-refractivity contribution in [1.29, 1.82) is 0 Å². The van der Waals surface area contributed by atoms with Crippen LogP contribution in [-0.2, 0) is 6.54 Å². The molecule has 0 spiro atoms. The Morgan fingerprint density at radius 2 is 1.89 bits per heavy atom. The average molecular weight is 482 g/mol. The monoisotopic (exact) mass is 481 g/mol. The predicted molar refractivity (Wildman–Crippen MR) is 143 cm³/mol. The number of anilines is 2. The van der Waals surface area contributed by atoms with Crippen molar-refractivity contribution in [3.8, 4) is 22.6 Å². The van der Waals surface area contributed by atoms with E-state index < -0.39 is 0 Å². The van der Waals surface area contributed by atoms with E-state index in [4.69, 9.17) is 14.8 Å². The second kappa shape index (κ2) is 9.83. The van der Waals surface area contributed by atoms with E-state index in [1.54, 1.807) is 13.4 Å². The van der Waals surface area contributed by atoms with Crippen LogP contribution in [-0.4, -0.2) is 37.3 Å². The number of rotatable bonds is 8. The molecule has 8 nitrogen and oxygen atoms in total. The average Bonchev–Trinajstić information content (AvgIpc) is 3.47. The third kappa shape index (κ3) is 4.94. The van der Waals surface area contributed by atoms with Crippen LogP contribution in [0.2, 0.25) is 0 Å². The molecule has 8 heteroatoms. The van der Waals surface area contributed by atoms with Crippen LogP contribution in [0.4, 0.5) is 11.6 Å². The van der Waals surface area contributed by atoms with Crippen LogP contribution in [0.3, 0.4) is 0 Å². The Morgan fingerprint density at radius 1 is 1.03 bits per heavy atom. The van der Waals surface area contributed by atoms with Crippen molar-refractivity contribution in [1.82, 2.24) is 29.5 Å². The number of pyridine rings is 1. The molecule has 0 radical (unpaired) electrons. The van der Waals surface area contributed by atoms with E-state index in [9.17, 15) is 0 Å². The molecule has 0 fully saturated rings. The number of nitrogens with one attached hydrogen (secondary N) is 2. The van der Waals surface area contributed by atoms with Crippen LogP contribution in [0.25, 0.3) is 22.5 Å². The van der Waals surface area contributed by atoms with Crippen molar-refractivity contribution in [3.63, 3.8) is 0 Å². The summed E-state index contributed by atoms with van der Waals surface area (Å²) in [5.41, 5.74) is 8.01. The van der Waals surface area contributed by atoms with Gasteiger partial charge < -0.3 is 19.9 Å². The van der Waals surface area contributed by atoms with Gasteiger partial charge in [0, 0.05) is 42.3 Å². The quantitative estimate of drug-likeness (QED) is 0.307. The Kier molecular flexibility index (Phi) is 6.43. The molecule has 0 atom stereocenters. The van der Waals surface area contributed by atoms with Crippen molar-refractivity contribution in [2.24, 2.45) is 0 Å². The van der Waals surface area contributed by atoms with Gasteiger partial charge in [0.25, 0.3) is 0 Å². The van der Waals surface area contributed by atoms with Gasteiger partial charge in [-0.15, -0.1) is 5.10 Å². The second-order valence-corrected chi connectivity index (χ2v) is 9.30. The molecule has 3 heterocycles. The first-order chi connectivity index (χ1) is 17.4. The van der Waals surface area contributed by atoms with E-state index in [2.05, 4.69) is 66.7 Å². The molecule has 2 N–H and O–H groups in total. The maximum absolute atomic E-state index is 5.64. The van der Waals surface area contributed by atoms with Gasteiger partial charge in [0.15, 0.2) is 5.65 Å². The number of aromatic nitrogens is 5. The minimum absolute atomic E-state index is 0.432. The standard InChI is InChI=1S/C28H31N7O/c1-18(2)29-14-21-7-6-8-22(12-21)24-11-19(3)15-35-27(24)32-28(33-35)31-23-9-10-25(26(13-23)36-5)34-16-20(4)30-17-34/h6-13,15-18,29H,14H2,1-5H3,(H,31,33). The van der Waals surface area contributed by atoms with E-state index in [0.717, 1.165) is 51.7 Å². The summed E-state index contributed by atoms with van der Waals surface area (Å²) in [4.78, 5) is 9.15. The zero-order valence-corrected chi connectivity index (χ0v) is 21.3. The van der Waals surface area contributed by atoms with Crippen LogP contribution < -0.4 is 15.4 Å². The molecule has 0 unspecified atom stereocenters. The molecule has 0 bridgehead atoms. The SMILES string of the molecule is COc1cc(Nc2nc3c(-c4cccc(CNC(C)C)c4)cc(C)cn3n2)ccc1-n1cnc(C)c1. The first-order valence-corrected chi connectivity index (χ1v) is 12.1. The number of ether oxygens (including phenoxy) is 1. The smallest absolute Gasteiger partial charge is 0.247 e. The predicted octanol–water partition coefficient (Wildman–Crippen LogP) is 5.45. The minimum atomic E-state index is 0.432. The fourth-order valence-electron chi connectivity index (χ4n) is 4.21. The van der Waals surface area contributed by atoms with Gasteiger partial charge in [-0.25, -0.2) is 9.50 Å². The lowest BCUT2D eigenvalue weighted by Crippen LogP contribution is -2.21. The fourth-order valence-corrected chi connectivity index (χ4v) is 4.21. The number of imidazole rings is 1. The topological polar surface area (TPSA) is 81.3 Å². The van der Waals surface area contributed by atoms with E-state index in [0.29, 0.717) is 12.0 Å². The molecule has 0 saturated carbocycles. The molecule has 184 valence electrons. The summed E-state index contributed by atoms with van der Waals surface area (Å²) < 4.78 is 9.43. The number of fused-ring (bicyclic) bond motifs is 1. The van der Waals surface area contributed by atoms with Gasteiger partial charge in [0.05, 0.1) is 24.8 Å². The summed E-state index contributed by atoms with van der Waals surface area (Å²) >= 11 is 0. The summed E-state index contributed by atoms with van der Waals surface area (Å²) in [6, 6.07) is 17.1. The van der Waals surface area contributed by atoms with Gasteiger partial charge in [-0.2, -0.15) is 4.98 Å². The van der Waals surface area contributed by atoms with Crippen molar-refractivity contribution in [2.45, 2.75) is 40.3 Å². The zero-order valence-electron chi connectivity index (χ0n) is 21.3. The number of aryl methyl sites for hydroxylation is 2. The molecule has 5 rings (SSSR count). The first-order valence-electron chi connectivity index (χ1n) is 12.1. The maximum atomic E-state index is 5.64. The summed E-state index contributed by atoms with van der Waals surface area (Å²) in [7, 11) is 1.66. The van der Waals surface area contributed by atoms with Crippen molar-refractivity contribution in [3.05, 3.63) is 84.1 Å². The Hall–Kier alpha value is -4.17. The molecule has 0 amide bonds. The van der Waals surface area contributed by atoms with Gasteiger partial charge in [-0.05, 0) is 54.8 Å². The van der Waals surface area contributed by atoms with Gasteiger partial charge in [-0.3, -0.25) is 0 Å². The normalized spacial score (nSPS) is 11.4. The number of hydrogen-bond donors (Lipinski definition) is 2. The first kappa shape index (κ1) is 23.6. The van der Waals surface area contributed by atoms with Crippen LogP contribution >= 0.6 is 0 Å². The molecular formula is C28H31N7O. The molecule has 0 saturated heterocycles. The third-order valence-corrected chi connectivity index (χ3v) is 5.95. The third-order valence-electron chi connectivity index (χ3n) is 5.95. The molecular weight excluding hydrogens is 450 g/mol. The molecule has 3 aromatic heterocycles. The maximum Gasteiger partial charge on any atom is 0.247 e. The van der Waals surface area contributed by atoms with Crippen LogP contribution in [0.1, 0.15) is 30.7 Å². The Bertz CT molecular complexity index is 1520. The fraction of sp³-hybridized carbons (Fsp3) is 0.250. The summed E-state index contributed by atoms with van der Waals surface area (Å²) in [6.07, 6.45) is 5.74. The van der Waals surface area contributed by atoms with Crippen molar-refractivity contribution in [2.75, 3.05) is 12.4 Å². The number of hydrogen-bond acceptors (Lipinski definition) is 6. The summed E-state index contributed by atoms with van der Waals surface area (Å²) in [5.74, 6) is 1.25. The van der Waals surface area contributed by atoms with Crippen LogP contribution in [0, 0.1) is 13.8 Å². The Labute approximate surface area is 211 Å². The molecule has 0 aliphatic rings. The molecule has 0 aliphatic heterocycles. The van der Waals surface area contributed by atoms with E-state index in [-0.39, 0.29) is 0 Å². The largest absolute Gasteiger partial charge is 0.494 e. The van der Waals surface area contributed by atoms with Gasteiger partial charge in [0.2, 0.25) is 5.95 Å². The summed E-state index contributed by atoms with van der Waals surface area (Å²) in [5, 5.41) is 11.5. The van der Waals surface area contributed by atoms with Gasteiger partial charge >= 0.3 is 0 Å². The zero-order chi connectivity index (χ0) is 25.2. The highest BCUT2D eigenvalue weighted by Gasteiger charge is 2.13.